The standard InChI is InChI=1S/C15H15NO2/c17-15(8-11-5-7-18-10-11)13-3-4-14-12(9-13)2-1-6-16-14/h3-5,7,9-10,16H,1-2,6,8H2. The number of carbonyl (C=O) groups is 1. The van der Waals surface area contributed by atoms with Gasteiger partial charge in [0.15, 0.2) is 5.78 Å². The van der Waals surface area contributed by atoms with Gasteiger partial charge in [0.2, 0.25) is 0 Å². The SMILES string of the molecule is O=C(Cc1ccoc1)c1ccc2c(c1)CCCN2. The Hall–Kier alpha value is -2.03. The number of benzene rings is 1. The first-order valence-corrected chi connectivity index (χ1v) is 6.24. The van der Waals surface area contributed by atoms with Crippen LogP contribution in [0.4, 0.5) is 5.69 Å². The molecule has 3 rings (SSSR count). The van der Waals surface area contributed by atoms with Crippen LogP contribution in [0.25, 0.3) is 0 Å². The molecule has 1 N–H and O–H groups in total. The first-order chi connectivity index (χ1) is 8.83. The lowest BCUT2D eigenvalue weighted by Gasteiger charge is -2.18. The van der Waals surface area contributed by atoms with Crippen LogP contribution >= 0.6 is 0 Å². The lowest BCUT2D eigenvalue weighted by atomic mass is 9.97. The number of fused-ring (bicyclic) bond motifs is 1. The summed E-state index contributed by atoms with van der Waals surface area (Å²) in [5.41, 5.74) is 4.13. The molecule has 2 aromatic rings. The molecule has 3 heteroatoms. The van der Waals surface area contributed by atoms with E-state index >= 15 is 0 Å². The summed E-state index contributed by atoms with van der Waals surface area (Å²) in [6.07, 6.45) is 5.81. The Balaban J connectivity index is 1.81. The summed E-state index contributed by atoms with van der Waals surface area (Å²) in [5, 5.41) is 3.35. The van der Waals surface area contributed by atoms with E-state index in [0.29, 0.717) is 6.42 Å². The maximum atomic E-state index is 12.1. The highest BCUT2D eigenvalue weighted by atomic mass is 16.3. The second-order valence-electron chi connectivity index (χ2n) is 4.63. The second-order valence-corrected chi connectivity index (χ2v) is 4.63. The van der Waals surface area contributed by atoms with E-state index in [0.717, 1.165) is 30.5 Å². The van der Waals surface area contributed by atoms with Crippen LogP contribution < -0.4 is 5.32 Å². The third-order valence-corrected chi connectivity index (χ3v) is 3.31. The highest BCUT2D eigenvalue weighted by Gasteiger charge is 2.13. The molecule has 1 aliphatic rings. The van der Waals surface area contributed by atoms with Crippen LogP contribution in [0.2, 0.25) is 0 Å². The first kappa shape index (κ1) is 11.1. The van der Waals surface area contributed by atoms with Gasteiger partial charge in [-0.05, 0) is 48.2 Å². The second kappa shape index (κ2) is 4.69. The van der Waals surface area contributed by atoms with Crippen molar-refractivity contribution in [3.05, 3.63) is 53.5 Å². The number of rotatable bonds is 3. The number of furan rings is 1. The van der Waals surface area contributed by atoms with Crippen LogP contribution in [0, 0.1) is 0 Å². The predicted octanol–water partition coefficient (Wildman–Crippen LogP) is 3.06. The van der Waals surface area contributed by atoms with E-state index in [9.17, 15) is 4.79 Å². The largest absolute Gasteiger partial charge is 0.472 e. The lowest BCUT2D eigenvalue weighted by molar-refractivity contribution is 0.0992. The first-order valence-electron chi connectivity index (χ1n) is 6.24. The molecule has 18 heavy (non-hydrogen) atoms. The zero-order valence-corrected chi connectivity index (χ0v) is 10.1. The molecule has 0 fully saturated rings. The fraction of sp³-hybridized carbons (Fsp3) is 0.267. The van der Waals surface area contributed by atoms with Crippen molar-refractivity contribution in [2.45, 2.75) is 19.3 Å². The molecule has 0 radical (unpaired) electrons. The van der Waals surface area contributed by atoms with Crippen molar-refractivity contribution in [1.29, 1.82) is 0 Å². The number of aryl methyl sites for hydroxylation is 1. The number of Topliss-reactive ketones (excluding diaryl/α,β-unsaturated/α-hetero) is 1. The fourth-order valence-corrected chi connectivity index (χ4v) is 2.33. The van der Waals surface area contributed by atoms with Crippen LogP contribution in [0.3, 0.4) is 0 Å². The number of hydrogen-bond acceptors (Lipinski definition) is 3. The van der Waals surface area contributed by atoms with E-state index in [2.05, 4.69) is 5.32 Å². The van der Waals surface area contributed by atoms with Crippen LogP contribution in [-0.4, -0.2) is 12.3 Å². The van der Waals surface area contributed by atoms with Crippen molar-refractivity contribution in [3.8, 4) is 0 Å². The van der Waals surface area contributed by atoms with Crippen molar-refractivity contribution in [3.63, 3.8) is 0 Å². The van der Waals surface area contributed by atoms with Gasteiger partial charge in [0.05, 0.1) is 12.5 Å². The van der Waals surface area contributed by atoms with E-state index in [4.69, 9.17) is 4.42 Å². The molecule has 0 bridgehead atoms. The number of carbonyl (C=O) groups excluding carboxylic acids is 1. The Morgan fingerprint density at radius 2 is 2.28 bits per heavy atom. The maximum absolute atomic E-state index is 12.1. The van der Waals surface area contributed by atoms with Crippen molar-refractivity contribution in [2.24, 2.45) is 0 Å². The molecule has 0 amide bonds. The smallest absolute Gasteiger partial charge is 0.167 e. The summed E-state index contributed by atoms with van der Waals surface area (Å²) < 4.78 is 4.98. The summed E-state index contributed by atoms with van der Waals surface area (Å²) in [4.78, 5) is 12.1. The highest BCUT2D eigenvalue weighted by Crippen LogP contribution is 2.23. The van der Waals surface area contributed by atoms with E-state index in [1.807, 2.05) is 24.3 Å². The van der Waals surface area contributed by atoms with E-state index in [1.54, 1.807) is 12.5 Å². The molecule has 1 aromatic carbocycles. The van der Waals surface area contributed by atoms with Crippen LogP contribution in [0.15, 0.2) is 41.2 Å². The fourth-order valence-electron chi connectivity index (χ4n) is 2.33. The van der Waals surface area contributed by atoms with Crippen molar-refractivity contribution < 1.29 is 9.21 Å². The minimum atomic E-state index is 0.143. The van der Waals surface area contributed by atoms with Crippen LogP contribution in [0.1, 0.15) is 27.9 Å². The van der Waals surface area contributed by atoms with Gasteiger partial charge in [0.1, 0.15) is 0 Å². The van der Waals surface area contributed by atoms with Crippen molar-refractivity contribution >= 4 is 11.5 Å². The van der Waals surface area contributed by atoms with Crippen LogP contribution in [0.5, 0.6) is 0 Å². The zero-order valence-electron chi connectivity index (χ0n) is 10.1. The minimum absolute atomic E-state index is 0.143. The van der Waals surface area contributed by atoms with Crippen LogP contribution in [-0.2, 0) is 12.8 Å². The average Bonchev–Trinajstić information content (AvgIpc) is 2.91. The Morgan fingerprint density at radius 1 is 1.33 bits per heavy atom. The molecule has 0 spiro atoms. The molecule has 3 nitrogen and oxygen atoms in total. The quantitative estimate of drug-likeness (QED) is 0.840. The van der Waals surface area contributed by atoms with Gasteiger partial charge in [0.25, 0.3) is 0 Å². The number of nitrogens with one attached hydrogen (secondary N) is 1. The summed E-state index contributed by atoms with van der Waals surface area (Å²) in [5.74, 6) is 0.143. The molecular formula is C15H15NO2. The molecule has 92 valence electrons. The Kier molecular flexibility index (Phi) is 2.89. The zero-order chi connectivity index (χ0) is 12.4. The summed E-state index contributed by atoms with van der Waals surface area (Å²) in [6.45, 7) is 1.02. The van der Waals surface area contributed by atoms with Gasteiger partial charge in [-0.3, -0.25) is 4.79 Å². The van der Waals surface area contributed by atoms with Crippen molar-refractivity contribution in [2.75, 3.05) is 11.9 Å². The Morgan fingerprint density at radius 3 is 3.11 bits per heavy atom. The summed E-state index contributed by atoms with van der Waals surface area (Å²) in [6, 6.07) is 7.76. The van der Waals surface area contributed by atoms with Gasteiger partial charge in [-0.2, -0.15) is 0 Å². The monoisotopic (exact) mass is 241 g/mol. The molecule has 0 saturated heterocycles. The third kappa shape index (κ3) is 2.16. The molecule has 1 aliphatic heterocycles. The highest BCUT2D eigenvalue weighted by molar-refractivity contribution is 5.98. The van der Waals surface area contributed by atoms with Gasteiger partial charge in [-0.15, -0.1) is 0 Å². The lowest BCUT2D eigenvalue weighted by Crippen LogP contribution is -2.13. The molecule has 0 atom stereocenters. The third-order valence-electron chi connectivity index (χ3n) is 3.31. The van der Waals surface area contributed by atoms with Crippen molar-refractivity contribution in [1.82, 2.24) is 0 Å². The number of ketones is 1. The number of anilines is 1. The van der Waals surface area contributed by atoms with E-state index in [-0.39, 0.29) is 5.78 Å². The Labute approximate surface area is 106 Å². The summed E-state index contributed by atoms with van der Waals surface area (Å²) in [7, 11) is 0. The topological polar surface area (TPSA) is 42.2 Å². The molecule has 0 unspecified atom stereocenters. The van der Waals surface area contributed by atoms with E-state index in [1.165, 1.54) is 11.3 Å². The molecule has 2 heterocycles. The van der Waals surface area contributed by atoms with Gasteiger partial charge >= 0.3 is 0 Å². The average molecular weight is 241 g/mol. The molecule has 1 aromatic heterocycles. The Bertz CT molecular complexity index is 558. The summed E-state index contributed by atoms with van der Waals surface area (Å²) >= 11 is 0. The van der Waals surface area contributed by atoms with E-state index < -0.39 is 0 Å². The van der Waals surface area contributed by atoms with Gasteiger partial charge in [0, 0.05) is 24.2 Å². The van der Waals surface area contributed by atoms with Gasteiger partial charge < -0.3 is 9.73 Å². The molecule has 0 saturated carbocycles. The number of hydrogen-bond donors (Lipinski definition) is 1. The predicted molar refractivity (Wildman–Crippen MR) is 70.0 cm³/mol. The molecular weight excluding hydrogens is 226 g/mol. The van der Waals surface area contributed by atoms with Gasteiger partial charge in [-0.1, -0.05) is 0 Å². The maximum Gasteiger partial charge on any atom is 0.167 e. The molecule has 0 aliphatic carbocycles. The normalized spacial score (nSPS) is 13.8. The van der Waals surface area contributed by atoms with Gasteiger partial charge in [-0.25, -0.2) is 0 Å². The minimum Gasteiger partial charge on any atom is -0.472 e.